The lowest BCUT2D eigenvalue weighted by molar-refractivity contribution is -0.128. The molecule has 118 valence electrons. The van der Waals surface area contributed by atoms with Crippen LogP contribution in [0.4, 0.5) is 0 Å². The van der Waals surface area contributed by atoms with E-state index in [4.69, 9.17) is 5.73 Å². The predicted molar refractivity (Wildman–Crippen MR) is 93.0 cm³/mol. The number of carbonyl (C=O) groups is 2. The van der Waals surface area contributed by atoms with Crippen LogP contribution >= 0.6 is 11.8 Å². The van der Waals surface area contributed by atoms with Crippen molar-refractivity contribution in [1.82, 2.24) is 4.90 Å². The Morgan fingerprint density at radius 1 is 1.00 bits per heavy atom. The molecule has 0 atom stereocenters. The molecule has 0 aliphatic heterocycles. The van der Waals surface area contributed by atoms with E-state index >= 15 is 0 Å². The fraction of sp³-hybridized carbons (Fsp3) is 0.222. The van der Waals surface area contributed by atoms with Crippen LogP contribution in [-0.4, -0.2) is 35.3 Å². The van der Waals surface area contributed by atoms with E-state index in [0.29, 0.717) is 0 Å². The molecule has 0 radical (unpaired) electrons. The molecule has 23 heavy (non-hydrogen) atoms. The van der Waals surface area contributed by atoms with E-state index in [0.717, 1.165) is 11.1 Å². The van der Waals surface area contributed by atoms with Gasteiger partial charge in [0.15, 0.2) is 0 Å². The lowest BCUT2D eigenvalue weighted by atomic mass is 10.0. The van der Waals surface area contributed by atoms with Crippen LogP contribution in [0.5, 0.6) is 0 Å². The van der Waals surface area contributed by atoms with Crippen LogP contribution in [-0.2, 0) is 9.59 Å². The highest BCUT2D eigenvalue weighted by Gasteiger charge is 2.32. The lowest BCUT2D eigenvalue weighted by Crippen LogP contribution is -2.32. The average molecular weight is 326 g/mol. The number of fused-ring (bicyclic) bond motifs is 3. The van der Waals surface area contributed by atoms with Gasteiger partial charge in [-0.05, 0) is 22.3 Å². The minimum absolute atomic E-state index is 0.00671. The normalized spacial score (nSPS) is 12.6. The van der Waals surface area contributed by atoms with Gasteiger partial charge in [-0.1, -0.05) is 48.5 Å². The molecule has 0 bridgehead atoms. The summed E-state index contributed by atoms with van der Waals surface area (Å²) in [6.45, 7) is 0. The zero-order valence-electron chi connectivity index (χ0n) is 12.9. The Morgan fingerprint density at radius 2 is 1.52 bits per heavy atom. The van der Waals surface area contributed by atoms with Gasteiger partial charge in [0, 0.05) is 7.05 Å². The van der Waals surface area contributed by atoms with E-state index in [1.165, 1.54) is 22.9 Å². The quantitative estimate of drug-likeness (QED) is 0.918. The van der Waals surface area contributed by atoms with E-state index in [9.17, 15) is 9.59 Å². The first-order chi connectivity index (χ1) is 11.1. The SMILES string of the molecule is CN(C(=O)CSCC(N)=O)C1c2ccccc2-c2ccccc21. The molecule has 2 aromatic carbocycles. The zero-order chi connectivity index (χ0) is 16.4. The van der Waals surface area contributed by atoms with Crippen molar-refractivity contribution < 1.29 is 9.59 Å². The van der Waals surface area contributed by atoms with E-state index in [2.05, 4.69) is 24.3 Å². The number of hydrogen-bond acceptors (Lipinski definition) is 3. The van der Waals surface area contributed by atoms with Crippen LogP contribution in [0, 0.1) is 0 Å². The Labute approximate surface area is 139 Å². The molecular formula is C18H18N2O2S. The number of amides is 2. The molecule has 2 N–H and O–H groups in total. The maximum Gasteiger partial charge on any atom is 0.233 e. The van der Waals surface area contributed by atoms with Crippen LogP contribution < -0.4 is 5.73 Å². The number of benzene rings is 2. The summed E-state index contributed by atoms with van der Waals surface area (Å²) in [5, 5.41) is 0. The molecule has 1 aliphatic carbocycles. The molecule has 0 aromatic heterocycles. The van der Waals surface area contributed by atoms with Gasteiger partial charge in [0.25, 0.3) is 0 Å². The number of nitrogens with zero attached hydrogens (tertiary/aromatic N) is 1. The Kier molecular flexibility index (Phi) is 4.39. The summed E-state index contributed by atoms with van der Waals surface area (Å²) in [6.07, 6.45) is 0. The second-order valence-corrected chi connectivity index (χ2v) is 6.53. The van der Waals surface area contributed by atoms with E-state index in [1.54, 1.807) is 4.90 Å². The molecule has 0 saturated carbocycles. The number of carbonyl (C=O) groups excluding carboxylic acids is 2. The van der Waals surface area contributed by atoms with Crippen molar-refractivity contribution in [3.8, 4) is 11.1 Å². The highest BCUT2D eigenvalue weighted by Crippen LogP contribution is 2.45. The molecule has 0 heterocycles. The Hall–Kier alpha value is -2.27. The number of hydrogen-bond donors (Lipinski definition) is 1. The Morgan fingerprint density at radius 3 is 2.04 bits per heavy atom. The van der Waals surface area contributed by atoms with Gasteiger partial charge in [0.05, 0.1) is 17.5 Å². The smallest absolute Gasteiger partial charge is 0.233 e. The van der Waals surface area contributed by atoms with Crippen LogP contribution in [0.15, 0.2) is 48.5 Å². The van der Waals surface area contributed by atoms with Crippen molar-refractivity contribution >= 4 is 23.6 Å². The number of rotatable bonds is 5. The summed E-state index contributed by atoms with van der Waals surface area (Å²) in [5.74, 6) is 0.00676. The van der Waals surface area contributed by atoms with Gasteiger partial charge in [-0.2, -0.15) is 0 Å². The number of thioether (sulfide) groups is 1. The van der Waals surface area contributed by atoms with E-state index < -0.39 is 5.91 Å². The first kappa shape index (κ1) is 15.6. The van der Waals surface area contributed by atoms with Gasteiger partial charge in [0.1, 0.15) is 0 Å². The molecule has 1 aliphatic rings. The summed E-state index contributed by atoms with van der Waals surface area (Å²) in [4.78, 5) is 25.1. The number of primary amides is 1. The highest BCUT2D eigenvalue weighted by atomic mass is 32.2. The van der Waals surface area contributed by atoms with Crippen molar-refractivity contribution in [2.75, 3.05) is 18.6 Å². The van der Waals surface area contributed by atoms with Gasteiger partial charge in [-0.25, -0.2) is 0 Å². The monoisotopic (exact) mass is 326 g/mol. The Balaban J connectivity index is 1.87. The van der Waals surface area contributed by atoms with Crippen molar-refractivity contribution in [3.05, 3.63) is 59.7 Å². The van der Waals surface area contributed by atoms with Gasteiger partial charge < -0.3 is 10.6 Å². The third kappa shape index (κ3) is 2.97. The molecule has 0 fully saturated rings. The summed E-state index contributed by atoms with van der Waals surface area (Å²) in [6, 6.07) is 16.3. The minimum Gasteiger partial charge on any atom is -0.369 e. The second-order valence-electron chi connectivity index (χ2n) is 5.54. The lowest BCUT2D eigenvalue weighted by Gasteiger charge is -2.26. The van der Waals surface area contributed by atoms with Crippen LogP contribution in [0.2, 0.25) is 0 Å². The molecule has 3 rings (SSSR count). The Bertz CT molecular complexity index is 715. The van der Waals surface area contributed by atoms with Crippen molar-refractivity contribution in [2.45, 2.75) is 6.04 Å². The largest absolute Gasteiger partial charge is 0.369 e. The van der Waals surface area contributed by atoms with Crippen molar-refractivity contribution in [3.63, 3.8) is 0 Å². The molecule has 0 unspecified atom stereocenters. The highest BCUT2D eigenvalue weighted by molar-refractivity contribution is 8.00. The average Bonchev–Trinajstić information content (AvgIpc) is 2.88. The zero-order valence-corrected chi connectivity index (χ0v) is 13.7. The van der Waals surface area contributed by atoms with Crippen LogP contribution in [0.1, 0.15) is 17.2 Å². The third-order valence-corrected chi connectivity index (χ3v) is 4.99. The van der Waals surface area contributed by atoms with Gasteiger partial charge in [-0.15, -0.1) is 11.8 Å². The van der Waals surface area contributed by atoms with Crippen molar-refractivity contribution in [2.24, 2.45) is 5.73 Å². The van der Waals surface area contributed by atoms with E-state index in [-0.39, 0.29) is 23.5 Å². The molecule has 2 amide bonds. The molecule has 0 spiro atoms. The first-order valence-corrected chi connectivity index (χ1v) is 8.55. The summed E-state index contributed by atoms with van der Waals surface area (Å²) >= 11 is 1.25. The fourth-order valence-electron chi connectivity index (χ4n) is 3.03. The maximum atomic E-state index is 12.5. The van der Waals surface area contributed by atoms with Gasteiger partial charge in [-0.3, -0.25) is 9.59 Å². The maximum absolute atomic E-state index is 12.5. The van der Waals surface area contributed by atoms with Crippen molar-refractivity contribution in [1.29, 1.82) is 0 Å². The van der Waals surface area contributed by atoms with Gasteiger partial charge >= 0.3 is 0 Å². The summed E-state index contributed by atoms with van der Waals surface area (Å²) < 4.78 is 0. The summed E-state index contributed by atoms with van der Waals surface area (Å²) in [5.41, 5.74) is 9.76. The number of nitrogens with two attached hydrogens (primary N) is 1. The molecule has 5 heteroatoms. The van der Waals surface area contributed by atoms with E-state index in [1.807, 2.05) is 31.3 Å². The molecule has 2 aromatic rings. The fourth-order valence-corrected chi connectivity index (χ4v) is 3.71. The molecule has 0 saturated heterocycles. The third-order valence-electron chi connectivity index (χ3n) is 4.05. The predicted octanol–water partition coefficient (Wildman–Crippen LogP) is 2.43. The van der Waals surface area contributed by atoms with Crippen LogP contribution in [0.3, 0.4) is 0 Å². The molecular weight excluding hydrogens is 308 g/mol. The molecule has 4 nitrogen and oxygen atoms in total. The van der Waals surface area contributed by atoms with Crippen LogP contribution in [0.25, 0.3) is 11.1 Å². The minimum atomic E-state index is -0.401. The van der Waals surface area contributed by atoms with Gasteiger partial charge in [0.2, 0.25) is 11.8 Å². The standard InChI is InChI=1S/C18H18N2O2S/c1-20(17(22)11-23-10-16(19)21)18-14-8-4-2-6-12(14)13-7-3-5-9-15(13)18/h2-9,18H,10-11H2,1H3,(H2,19,21). The topological polar surface area (TPSA) is 63.4 Å². The summed E-state index contributed by atoms with van der Waals surface area (Å²) in [7, 11) is 1.82. The first-order valence-electron chi connectivity index (χ1n) is 7.39. The second kappa shape index (κ2) is 6.46.